The van der Waals surface area contributed by atoms with E-state index in [1.807, 2.05) is 24.3 Å². The normalized spacial score (nSPS) is 13.0. The molecule has 0 saturated carbocycles. The van der Waals surface area contributed by atoms with Gasteiger partial charge >= 0.3 is 0 Å². The zero-order valence-electron chi connectivity index (χ0n) is 13.7. The predicted molar refractivity (Wildman–Crippen MR) is 103 cm³/mol. The first-order chi connectivity index (χ1) is 11.5. The van der Waals surface area contributed by atoms with Crippen LogP contribution < -0.4 is 9.64 Å². The van der Waals surface area contributed by atoms with Crippen molar-refractivity contribution in [1.29, 1.82) is 0 Å². The Bertz CT molecular complexity index is 884. The van der Waals surface area contributed by atoms with E-state index in [0.29, 0.717) is 0 Å². The Labute approximate surface area is 148 Å². The zero-order chi connectivity index (χ0) is 16.7. The second-order valence-electron chi connectivity index (χ2n) is 6.48. The van der Waals surface area contributed by atoms with Gasteiger partial charge in [-0.2, -0.15) is 12.6 Å². The van der Waals surface area contributed by atoms with E-state index < -0.39 is 0 Å². The zero-order valence-corrected chi connectivity index (χ0v) is 14.6. The van der Waals surface area contributed by atoms with E-state index in [9.17, 15) is 0 Å². The largest absolute Gasteiger partial charge is 0.453 e. The Morgan fingerprint density at radius 1 is 0.792 bits per heavy atom. The monoisotopic (exact) mass is 333 g/mol. The van der Waals surface area contributed by atoms with E-state index in [1.54, 1.807) is 0 Å². The molecule has 1 aliphatic heterocycles. The molecule has 0 atom stereocenters. The fourth-order valence-electron chi connectivity index (χ4n) is 2.99. The van der Waals surface area contributed by atoms with Crippen LogP contribution in [0.1, 0.15) is 19.4 Å². The van der Waals surface area contributed by atoms with Crippen molar-refractivity contribution in [3.8, 4) is 11.5 Å². The fraction of sp³-hybridized carbons (Fsp3) is 0.143. The maximum absolute atomic E-state index is 6.19. The van der Waals surface area contributed by atoms with E-state index in [1.165, 1.54) is 0 Å². The Hall–Kier alpha value is -2.39. The summed E-state index contributed by atoms with van der Waals surface area (Å²) in [5.41, 5.74) is 4.35. The summed E-state index contributed by atoms with van der Waals surface area (Å²) >= 11 is 4.69. The summed E-state index contributed by atoms with van der Waals surface area (Å²) < 4.78 is 5.97. The molecule has 1 aliphatic rings. The van der Waals surface area contributed by atoms with Gasteiger partial charge in [0.1, 0.15) is 0 Å². The van der Waals surface area contributed by atoms with E-state index in [-0.39, 0.29) is 4.75 Å². The van der Waals surface area contributed by atoms with Crippen molar-refractivity contribution < 1.29 is 4.74 Å². The van der Waals surface area contributed by atoms with Gasteiger partial charge in [-0.3, -0.25) is 0 Å². The number of nitrogens with zero attached hydrogens (tertiary/aromatic N) is 1. The molecular formula is C21H19NOS. The minimum atomic E-state index is -0.215. The number of ether oxygens (including phenoxy) is 1. The van der Waals surface area contributed by atoms with Crippen LogP contribution in [0.3, 0.4) is 0 Å². The van der Waals surface area contributed by atoms with E-state index >= 15 is 0 Å². The Morgan fingerprint density at radius 3 is 2.21 bits per heavy atom. The maximum atomic E-state index is 6.19. The number of para-hydroxylation sites is 3. The Kier molecular flexibility index (Phi) is 3.54. The van der Waals surface area contributed by atoms with E-state index in [0.717, 1.165) is 34.1 Å². The summed E-state index contributed by atoms with van der Waals surface area (Å²) in [6.45, 7) is 4.17. The number of fused-ring (bicyclic) bond motifs is 2. The molecule has 0 saturated heterocycles. The number of rotatable bonds is 2. The smallest absolute Gasteiger partial charge is 0.151 e. The van der Waals surface area contributed by atoms with Crippen LogP contribution in [0.4, 0.5) is 17.1 Å². The average molecular weight is 333 g/mol. The van der Waals surface area contributed by atoms with Gasteiger partial charge in [-0.15, -0.1) is 0 Å². The van der Waals surface area contributed by atoms with Gasteiger partial charge in [0.2, 0.25) is 0 Å². The van der Waals surface area contributed by atoms with Gasteiger partial charge in [-0.05, 0) is 55.8 Å². The second kappa shape index (κ2) is 5.60. The quantitative estimate of drug-likeness (QED) is 0.424. The highest BCUT2D eigenvalue weighted by molar-refractivity contribution is 7.81. The van der Waals surface area contributed by atoms with Crippen molar-refractivity contribution in [2.45, 2.75) is 18.6 Å². The van der Waals surface area contributed by atoms with Crippen molar-refractivity contribution in [1.82, 2.24) is 0 Å². The molecule has 120 valence electrons. The van der Waals surface area contributed by atoms with Crippen molar-refractivity contribution in [3.05, 3.63) is 78.4 Å². The molecule has 0 aromatic heterocycles. The summed E-state index contributed by atoms with van der Waals surface area (Å²) in [6.07, 6.45) is 0. The van der Waals surface area contributed by atoms with E-state index in [4.69, 9.17) is 17.4 Å². The lowest BCUT2D eigenvalue weighted by Crippen LogP contribution is -2.17. The molecule has 0 aliphatic carbocycles. The molecule has 3 heteroatoms. The summed E-state index contributed by atoms with van der Waals surface area (Å²) in [5.74, 6) is 1.72. The van der Waals surface area contributed by atoms with Crippen LogP contribution in [0.25, 0.3) is 0 Å². The standard InChI is InChI=1S/C21H19NOS/c1-21(2,24)15-12-13-18-20(14-15)23-19-11-7-6-10-17(19)22(18)16-8-4-3-5-9-16/h3-14,24H,1-2H3. The number of anilines is 3. The van der Waals surface area contributed by atoms with Crippen LogP contribution >= 0.6 is 12.6 Å². The van der Waals surface area contributed by atoms with Crippen LogP contribution in [-0.2, 0) is 4.75 Å². The van der Waals surface area contributed by atoms with Crippen LogP contribution in [0.2, 0.25) is 0 Å². The molecule has 3 aromatic rings. The van der Waals surface area contributed by atoms with Crippen molar-refractivity contribution in [2.75, 3.05) is 4.90 Å². The molecule has 4 rings (SSSR count). The molecule has 0 N–H and O–H groups in total. The third-order valence-electron chi connectivity index (χ3n) is 4.25. The second-order valence-corrected chi connectivity index (χ2v) is 7.60. The van der Waals surface area contributed by atoms with Gasteiger partial charge in [-0.1, -0.05) is 36.4 Å². The van der Waals surface area contributed by atoms with Gasteiger partial charge in [0.25, 0.3) is 0 Å². The molecule has 24 heavy (non-hydrogen) atoms. The maximum Gasteiger partial charge on any atom is 0.151 e. The van der Waals surface area contributed by atoms with Gasteiger partial charge in [0, 0.05) is 10.4 Å². The van der Waals surface area contributed by atoms with Crippen LogP contribution in [0.5, 0.6) is 11.5 Å². The van der Waals surface area contributed by atoms with Crippen LogP contribution in [0.15, 0.2) is 72.8 Å². The molecule has 0 spiro atoms. The molecule has 0 fully saturated rings. The minimum Gasteiger partial charge on any atom is -0.453 e. The first-order valence-electron chi connectivity index (χ1n) is 8.03. The average Bonchev–Trinajstić information content (AvgIpc) is 2.59. The third kappa shape index (κ3) is 2.55. The summed E-state index contributed by atoms with van der Waals surface area (Å²) in [7, 11) is 0. The van der Waals surface area contributed by atoms with Gasteiger partial charge in [0.05, 0.1) is 11.4 Å². The first kappa shape index (κ1) is 15.2. The lowest BCUT2D eigenvalue weighted by Gasteiger charge is -2.33. The highest BCUT2D eigenvalue weighted by atomic mass is 32.1. The lowest BCUT2D eigenvalue weighted by molar-refractivity contribution is 0.475. The van der Waals surface area contributed by atoms with Gasteiger partial charge in [0.15, 0.2) is 11.5 Å². The first-order valence-corrected chi connectivity index (χ1v) is 8.48. The summed E-state index contributed by atoms with van der Waals surface area (Å²) in [4.78, 5) is 2.24. The predicted octanol–water partition coefficient (Wildman–Crippen LogP) is 6.43. The van der Waals surface area contributed by atoms with Gasteiger partial charge < -0.3 is 9.64 Å². The van der Waals surface area contributed by atoms with Crippen molar-refractivity contribution in [2.24, 2.45) is 0 Å². The number of hydrogen-bond acceptors (Lipinski definition) is 3. The minimum absolute atomic E-state index is 0.215. The van der Waals surface area contributed by atoms with Crippen molar-refractivity contribution in [3.63, 3.8) is 0 Å². The summed E-state index contributed by atoms with van der Waals surface area (Å²) in [6, 6.07) is 24.8. The SMILES string of the molecule is CC(C)(S)c1ccc2c(c1)Oc1ccccc1N2c1ccccc1. The Morgan fingerprint density at radius 2 is 1.46 bits per heavy atom. The molecule has 0 radical (unpaired) electrons. The fourth-order valence-corrected chi connectivity index (χ4v) is 3.13. The molecule has 0 unspecified atom stereocenters. The Balaban J connectivity index is 1.92. The summed E-state index contributed by atoms with van der Waals surface area (Å²) in [5, 5.41) is 0. The molecule has 1 heterocycles. The van der Waals surface area contributed by atoms with Crippen LogP contribution in [-0.4, -0.2) is 0 Å². The van der Waals surface area contributed by atoms with Crippen molar-refractivity contribution >= 4 is 29.7 Å². The molecular weight excluding hydrogens is 314 g/mol. The van der Waals surface area contributed by atoms with E-state index in [2.05, 4.69) is 67.3 Å². The molecule has 3 aromatic carbocycles. The topological polar surface area (TPSA) is 12.5 Å². The molecule has 0 bridgehead atoms. The molecule has 2 nitrogen and oxygen atoms in total. The number of benzene rings is 3. The third-order valence-corrected chi connectivity index (χ3v) is 4.51. The van der Waals surface area contributed by atoms with Gasteiger partial charge in [-0.25, -0.2) is 0 Å². The van der Waals surface area contributed by atoms with Crippen LogP contribution in [0, 0.1) is 0 Å². The lowest BCUT2D eigenvalue weighted by atomic mass is 10.00. The highest BCUT2D eigenvalue weighted by Crippen LogP contribution is 2.51. The number of hydrogen-bond donors (Lipinski definition) is 1. The molecule has 0 amide bonds. The highest BCUT2D eigenvalue weighted by Gasteiger charge is 2.27. The number of thiol groups is 1.